The van der Waals surface area contributed by atoms with Crippen LogP contribution >= 0.6 is 27.3 Å². The molecule has 38 heavy (non-hydrogen) atoms. The smallest absolute Gasteiger partial charge is 0.313 e. The molecule has 8 nitrogen and oxygen atoms in total. The van der Waals surface area contributed by atoms with Crippen molar-refractivity contribution in [3.63, 3.8) is 0 Å². The van der Waals surface area contributed by atoms with E-state index in [-0.39, 0.29) is 36.8 Å². The summed E-state index contributed by atoms with van der Waals surface area (Å²) in [5.41, 5.74) is 1.15. The van der Waals surface area contributed by atoms with Gasteiger partial charge >= 0.3 is 5.97 Å². The maximum atomic E-state index is 13.5. The van der Waals surface area contributed by atoms with Crippen molar-refractivity contribution in [2.45, 2.75) is 52.2 Å². The van der Waals surface area contributed by atoms with E-state index in [9.17, 15) is 14.4 Å². The molecule has 200 valence electrons. The number of likely N-dealkylation sites (tertiary alicyclic amines) is 1. The first-order valence-corrected chi connectivity index (χ1v) is 14.1. The van der Waals surface area contributed by atoms with E-state index in [4.69, 9.17) is 4.74 Å². The number of halogens is 1. The molecule has 3 aromatic rings. The SMILES string of the molecule is CCc1ccc(C(=O)NC(Cc2ccc(-c3ncc(Br)cn3)cc2)C(=O)N2CC(C(=O)OC(C)(C)C)C2)s1. The lowest BCUT2D eigenvalue weighted by molar-refractivity contribution is -0.168. The van der Waals surface area contributed by atoms with Crippen molar-refractivity contribution >= 4 is 45.1 Å². The molecule has 1 atom stereocenters. The number of aryl methyl sites for hydroxylation is 1. The molecule has 0 spiro atoms. The minimum absolute atomic E-state index is 0.217. The molecule has 1 aliphatic heterocycles. The normalized spacial score (nSPS) is 14.5. The fourth-order valence-corrected chi connectivity index (χ4v) is 5.07. The Kier molecular flexibility index (Phi) is 8.62. The summed E-state index contributed by atoms with van der Waals surface area (Å²) in [6.45, 7) is 8.05. The molecule has 3 heterocycles. The lowest BCUT2D eigenvalue weighted by Gasteiger charge is -2.40. The predicted molar refractivity (Wildman–Crippen MR) is 150 cm³/mol. The monoisotopic (exact) mass is 598 g/mol. The summed E-state index contributed by atoms with van der Waals surface area (Å²) < 4.78 is 6.26. The molecule has 4 rings (SSSR count). The Balaban J connectivity index is 1.47. The molecule has 1 aliphatic rings. The van der Waals surface area contributed by atoms with E-state index in [0.29, 0.717) is 17.1 Å². The largest absolute Gasteiger partial charge is 0.460 e. The fraction of sp³-hybridized carbons (Fsp3) is 0.393. The molecule has 1 N–H and O–H groups in total. The highest BCUT2D eigenvalue weighted by atomic mass is 79.9. The number of hydrogen-bond donors (Lipinski definition) is 1. The lowest BCUT2D eigenvalue weighted by Crippen LogP contribution is -2.59. The number of amides is 2. The average molecular weight is 600 g/mol. The van der Waals surface area contributed by atoms with Gasteiger partial charge in [0.15, 0.2) is 5.82 Å². The van der Waals surface area contributed by atoms with Gasteiger partial charge in [-0.25, -0.2) is 9.97 Å². The summed E-state index contributed by atoms with van der Waals surface area (Å²) in [6.07, 6.45) is 4.53. The molecule has 1 fully saturated rings. The summed E-state index contributed by atoms with van der Waals surface area (Å²) in [5.74, 6) is -0.565. The Bertz CT molecular complexity index is 1300. The van der Waals surface area contributed by atoms with Gasteiger partial charge in [-0.15, -0.1) is 11.3 Å². The fourth-order valence-electron chi connectivity index (χ4n) is 4.02. The Morgan fingerprint density at radius 1 is 1.11 bits per heavy atom. The van der Waals surface area contributed by atoms with Gasteiger partial charge in [0, 0.05) is 42.3 Å². The third kappa shape index (κ3) is 7.05. The molecule has 10 heteroatoms. The van der Waals surface area contributed by atoms with Gasteiger partial charge in [-0.2, -0.15) is 0 Å². The van der Waals surface area contributed by atoms with Crippen LogP contribution in [0, 0.1) is 5.92 Å². The first-order chi connectivity index (χ1) is 18.0. The van der Waals surface area contributed by atoms with Crippen LogP contribution in [-0.4, -0.2) is 57.4 Å². The zero-order chi connectivity index (χ0) is 27.4. The molecule has 0 bridgehead atoms. The van der Waals surface area contributed by atoms with Crippen LogP contribution in [0.2, 0.25) is 0 Å². The van der Waals surface area contributed by atoms with E-state index >= 15 is 0 Å². The van der Waals surface area contributed by atoms with E-state index < -0.39 is 11.6 Å². The number of carbonyl (C=O) groups excluding carboxylic acids is 3. The Labute approximate surface area is 235 Å². The topological polar surface area (TPSA) is 101 Å². The maximum absolute atomic E-state index is 13.5. The van der Waals surface area contributed by atoms with E-state index in [0.717, 1.165) is 26.9 Å². The molecule has 2 amide bonds. The van der Waals surface area contributed by atoms with Gasteiger partial charge in [-0.3, -0.25) is 14.4 Å². The number of nitrogens with one attached hydrogen (secondary N) is 1. The van der Waals surface area contributed by atoms with Gasteiger partial charge in [-0.05, 0) is 60.8 Å². The number of carbonyl (C=O) groups is 3. The number of esters is 1. The lowest BCUT2D eigenvalue weighted by atomic mass is 9.96. The maximum Gasteiger partial charge on any atom is 0.313 e. The van der Waals surface area contributed by atoms with Crippen molar-refractivity contribution in [3.05, 3.63) is 68.6 Å². The molecule has 2 aromatic heterocycles. The first kappa shape index (κ1) is 27.9. The van der Waals surface area contributed by atoms with E-state index in [1.54, 1.807) is 23.4 Å². The first-order valence-electron chi connectivity index (χ1n) is 12.5. The van der Waals surface area contributed by atoms with Crippen LogP contribution in [0.3, 0.4) is 0 Å². The highest BCUT2D eigenvalue weighted by Crippen LogP contribution is 2.24. The van der Waals surface area contributed by atoms with Crippen molar-refractivity contribution in [2.24, 2.45) is 5.92 Å². The van der Waals surface area contributed by atoms with Crippen LogP contribution in [0.5, 0.6) is 0 Å². The summed E-state index contributed by atoms with van der Waals surface area (Å²) >= 11 is 4.76. The van der Waals surface area contributed by atoms with E-state index in [1.165, 1.54) is 11.3 Å². The zero-order valence-corrected chi connectivity index (χ0v) is 24.3. The number of hydrogen-bond acceptors (Lipinski definition) is 7. The van der Waals surface area contributed by atoms with Crippen LogP contribution in [0.4, 0.5) is 0 Å². The summed E-state index contributed by atoms with van der Waals surface area (Å²) in [7, 11) is 0. The van der Waals surface area contributed by atoms with Crippen molar-refractivity contribution in [3.8, 4) is 11.4 Å². The van der Waals surface area contributed by atoms with Crippen molar-refractivity contribution < 1.29 is 19.1 Å². The van der Waals surface area contributed by atoms with Crippen LogP contribution in [0.15, 0.2) is 53.3 Å². The second-order valence-electron chi connectivity index (χ2n) is 10.2. The quantitative estimate of drug-likeness (QED) is 0.378. The van der Waals surface area contributed by atoms with Crippen molar-refractivity contribution in [1.29, 1.82) is 0 Å². The highest BCUT2D eigenvalue weighted by Gasteiger charge is 2.40. The van der Waals surface area contributed by atoms with Crippen molar-refractivity contribution in [1.82, 2.24) is 20.2 Å². The Morgan fingerprint density at radius 3 is 2.34 bits per heavy atom. The van der Waals surface area contributed by atoms with E-state index in [1.807, 2.05) is 58.0 Å². The van der Waals surface area contributed by atoms with Gasteiger partial charge in [0.1, 0.15) is 11.6 Å². The number of benzene rings is 1. The number of thiophene rings is 1. The van der Waals surface area contributed by atoms with Crippen molar-refractivity contribution in [2.75, 3.05) is 13.1 Å². The Hall–Kier alpha value is -3.11. The molecular formula is C28H31BrN4O4S. The summed E-state index contributed by atoms with van der Waals surface area (Å²) in [5, 5.41) is 2.94. The van der Waals surface area contributed by atoms with Gasteiger partial charge in [-0.1, -0.05) is 31.2 Å². The van der Waals surface area contributed by atoms with E-state index in [2.05, 4.69) is 31.2 Å². The number of ether oxygens (including phenoxy) is 1. The third-order valence-electron chi connectivity index (χ3n) is 6.04. The second-order valence-corrected chi connectivity index (χ2v) is 12.3. The number of aromatic nitrogens is 2. The van der Waals surface area contributed by atoms with Crippen LogP contribution in [0.1, 0.15) is 47.8 Å². The van der Waals surface area contributed by atoms with Crippen LogP contribution in [0.25, 0.3) is 11.4 Å². The highest BCUT2D eigenvalue weighted by molar-refractivity contribution is 9.10. The van der Waals surface area contributed by atoms with Crippen LogP contribution in [-0.2, 0) is 27.2 Å². The molecule has 1 unspecified atom stereocenters. The predicted octanol–water partition coefficient (Wildman–Crippen LogP) is 4.67. The molecule has 1 aromatic carbocycles. The third-order valence-corrected chi connectivity index (χ3v) is 7.68. The summed E-state index contributed by atoms with van der Waals surface area (Å²) in [4.78, 5) is 50.8. The second kappa shape index (κ2) is 11.7. The molecule has 0 aliphatic carbocycles. The summed E-state index contributed by atoms with van der Waals surface area (Å²) in [6, 6.07) is 10.6. The number of nitrogens with zero attached hydrogens (tertiary/aromatic N) is 3. The van der Waals surface area contributed by atoms with Gasteiger partial charge < -0.3 is 15.0 Å². The zero-order valence-electron chi connectivity index (χ0n) is 21.9. The standard InChI is InChI=1S/C28H31BrN4O4S/c1-5-21-10-11-23(38-21)25(34)32-22(26(35)33-15-19(16-33)27(36)37-28(2,3)4)12-17-6-8-18(9-7-17)24-30-13-20(29)14-31-24/h6-11,13-14,19,22H,5,12,15-16H2,1-4H3,(H,32,34). The molecule has 0 radical (unpaired) electrons. The van der Waals surface area contributed by atoms with Gasteiger partial charge in [0.05, 0.1) is 15.3 Å². The minimum Gasteiger partial charge on any atom is -0.460 e. The Morgan fingerprint density at radius 2 is 1.76 bits per heavy atom. The molecular weight excluding hydrogens is 568 g/mol. The number of rotatable bonds is 8. The van der Waals surface area contributed by atoms with Gasteiger partial charge in [0.25, 0.3) is 5.91 Å². The molecule has 1 saturated heterocycles. The van der Waals surface area contributed by atoms with Crippen LogP contribution < -0.4 is 5.32 Å². The minimum atomic E-state index is -0.774. The van der Waals surface area contributed by atoms with Gasteiger partial charge in [0.2, 0.25) is 5.91 Å². The molecule has 0 saturated carbocycles. The average Bonchev–Trinajstić information content (AvgIpc) is 3.32.